The van der Waals surface area contributed by atoms with Crippen LogP contribution in [0.25, 0.3) is 0 Å². The van der Waals surface area contributed by atoms with E-state index in [0.717, 1.165) is 29.9 Å². The fraction of sp³-hybridized carbons (Fsp3) is 0.400. The molecule has 0 radical (unpaired) electrons. The quantitative estimate of drug-likeness (QED) is 0.849. The Morgan fingerprint density at radius 2 is 2.19 bits per heavy atom. The molecule has 0 unspecified atom stereocenters. The minimum atomic E-state index is -0.180. The fourth-order valence-corrected chi connectivity index (χ4v) is 2.16. The molecule has 0 saturated heterocycles. The fourth-order valence-electron chi connectivity index (χ4n) is 2.16. The number of hydrogen-bond acceptors (Lipinski definition) is 4. The number of hydrogen-bond donors (Lipinski definition) is 2. The molecule has 2 aromatic rings. The van der Waals surface area contributed by atoms with Crippen LogP contribution < -0.4 is 10.6 Å². The van der Waals surface area contributed by atoms with Gasteiger partial charge >= 0.3 is 0 Å². The Bertz CT molecular complexity index is 620. The van der Waals surface area contributed by atoms with E-state index in [1.807, 2.05) is 26.2 Å². The molecule has 0 spiro atoms. The summed E-state index contributed by atoms with van der Waals surface area (Å²) in [4.78, 5) is 16.3. The van der Waals surface area contributed by atoms with Crippen LogP contribution in [-0.4, -0.2) is 27.2 Å². The second-order valence-electron chi connectivity index (χ2n) is 4.77. The zero-order chi connectivity index (χ0) is 15.2. The molecule has 0 aliphatic rings. The standard InChI is InChI=1S/C15H21N5O/c1-4-13-11(10-20(3)19-13)9-18-15(21)14-8-12(16-5-2)6-7-17-14/h6-8,10H,4-5,9H2,1-3H3,(H,16,17)(H,18,21). The molecule has 0 fully saturated rings. The summed E-state index contributed by atoms with van der Waals surface area (Å²) in [6.45, 7) is 5.33. The third-order valence-corrected chi connectivity index (χ3v) is 3.14. The highest BCUT2D eigenvalue weighted by molar-refractivity contribution is 5.93. The van der Waals surface area contributed by atoms with Crippen LogP contribution in [0.4, 0.5) is 5.69 Å². The van der Waals surface area contributed by atoms with Gasteiger partial charge in [-0.2, -0.15) is 5.10 Å². The Balaban J connectivity index is 2.02. The highest BCUT2D eigenvalue weighted by Gasteiger charge is 2.10. The lowest BCUT2D eigenvalue weighted by Gasteiger charge is -2.07. The largest absolute Gasteiger partial charge is 0.385 e. The first kappa shape index (κ1) is 15.0. The zero-order valence-electron chi connectivity index (χ0n) is 12.7. The summed E-state index contributed by atoms with van der Waals surface area (Å²) in [5, 5.41) is 10.4. The highest BCUT2D eigenvalue weighted by atomic mass is 16.1. The number of carbonyl (C=O) groups is 1. The molecule has 112 valence electrons. The molecule has 0 saturated carbocycles. The van der Waals surface area contributed by atoms with Crippen molar-refractivity contribution in [3.8, 4) is 0 Å². The van der Waals surface area contributed by atoms with Gasteiger partial charge in [0, 0.05) is 43.8 Å². The summed E-state index contributed by atoms with van der Waals surface area (Å²) >= 11 is 0. The summed E-state index contributed by atoms with van der Waals surface area (Å²) in [5.74, 6) is -0.180. The molecule has 2 aromatic heterocycles. The van der Waals surface area contributed by atoms with Gasteiger partial charge < -0.3 is 10.6 Å². The number of aromatic nitrogens is 3. The lowest BCUT2D eigenvalue weighted by molar-refractivity contribution is 0.0946. The maximum atomic E-state index is 12.2. The van der Waals surface area contributed by atoms with Gasteiger partial charge in [0.25, 0.3) is 5.91 Å². The van der Waals surface area contributed by atoms with Crippen LogP contribution in [0.5, 0.6) is 0 Å². The molecule has 0 aliphatic carbocycles. The van der Waals surface area contributed by atoms with Crippen molar-refractivity contribution in [3.05, 3.63) is 41.5 Å². The van der Waals surface area contributed by atoms with Crippen LogP contribution in [0, 0.1) is 0 Å². The molecule has 6 heteroatoms. The van der Waals surface area contributed by atoms with Gasteiger partial charge in [-0.05, 0) is 25.5 Å². The maximum Gasteiger partial charge on any atom is 0.270 e. The summed E-state index contributed by atoms with van der Waals surface area (Å²) in [6.07, 6.45) is 4.41. The first-order valence-corrected chi connectivity index (χ1v) is 7.13. The third-order valence-electron chi connectivity index (χ3n) is 3.14. The molecular weight excluding hydrogens is 266 g/mol. The molecule has 0 bridgehead atoms. The van der Waals surface area contributed by atoms with Gasteiger partial charge in [0.05, 0.1) is 5.69 Å². The van der Waals surface area contributed by atoms with Gasteiger partial charge in [0.1, 0.15) is 5.69 Å². The molecule has 2 N–H and O–H groups in total. The minimum absolute atomic E-state index is 0.180. The maximum absolute atomic E-state index is 12.2. The van der Waals surface area contributed by atoms with Gasteiger partial charge in [0.2, 0.25) is 0 Å². The van der Waals surface area contributed by atoms with Crippen molar-refractivity contribution < 1.29 is 4.79 Å². The average molecular weight is 287 g/mol. The van der Waals surface area contributed by atoms with E-state index in [2.05, 4.69) is 27.6 Å². The zero-order valence-corrected chi connectivity index (χ0v) is 12.7. The van der Waals surface area contributed by atoms with E-state index in [1.54, 1.807) is 16.9 Å². The summed E-state index contributed by atoms with van der Waals surface area (Å²) in [6, 6.07) is 3.60. The van der Waals surface area contributed by atoms with Crippen molar-refractivity contribution in [2.24, 2.45) is 7.05 Å². The number of rotatable bonds is 6. The number of nitrogens with zero attached hydrogens (tertiary/aromatic N) is 3. The van der Waals surface area contributed by atoms with E-state index in [1.165, 1.54) is 0 Å². The molecule has 1 amide bonds. The first-order chi connectivity index (χ1) is 10.1. The van der Waals surface area contributed by atoms with Crippen LogP contribution in [0.3, 0.4) is 0 Å². The van der Waals surface area contributed by atoms with Crippen molar-refractivity contribution in [1.82, 2.24) is 20.1 Å². The van der Waals surface area contributed by atoms with Gasteiger partial charge in [-0.3, -0.25) is 14.5 Å². The molecule has 0 aromatic carbocycles. The predicted octanol–water partition coefficient (Wildman–Crippen LogP) is 1.74. The van der Waals surface area contributed by atoms with Crippen LogP contribution in [0.2, 0.25) is 0 Å². The van der Waals surface area contributed by atoms with E-state index in [4.69, 9.17) is 0 Å². The second kappa shape index (κ2) is 6.88. The molecule has 0 aliphatic heterocycles. The molecule has 2 rings (SSSR count). The van der Waals surface area contributed by atoms with E-state index < -0.39 is 0 Å². The molecular formula is C15H21N5O. The van der Waals surface area contributed by atoms with Crippen LogP contribution in [0.15, 0.2) is 24.5 Å². The van der Waals surface area contributed by atoms with Gasteiger partial charge in [-0.25, -0.2) is 0 Å². The molecule has 2 heterocycles. The second-order valence-corrected chi connectivity index (χ2v) is 4.77. The van der Waals surface area contributed by atoms with Crippen molar-refractivity contribution in [2.45, 2.75) is 26.8 Å². The lowest BCUT2D eigenvalue weighted by Crippen LogP contribution is -2.24. The van der Waals surface area contributed by atoms with Crippen molar-refractivity contribution >= 4 is 11.6 Å². The van der Waals surface area contributed by atoms with Crippen molar-refractivity contribution in [3.63, 3.8) is 0 Å². The molecule has 6 nitrogen and oxygen atoms in total. The minimum Gasteiger partial charge on any atom is -0.385 e. The van der Waals surface area contributed by atoms with Crippen LogP contribution in [-0.2, 0) is 20.0 Å². The summed E-state index contributed by atoms with van der Waals surface area (Å²) < 4.78 is 1.77. The number of carbonyl (C=O) groups excluding carboxylic acids is 1. The van der Waals surface area contributed by atoms with Gasteiger partial charge in [-0.15, -0.1) is 0 Å². The first-order valence-electron chi connectivity index (χ1n) is 7.13. The summed E-state index contributed by atoms with van der Waals surface area (Å²) in [7, 11) is 1.88. The number of pyridine rings is 1. The SMILES string of the molecule is CCNc1ccnc(C(=O)NCc2cn(C)nc2CC)c1. The van der Waals surface area contributed by atoms with Crippen molar-refractivity contribution in [2.75, 3.05) is 11.9 Å². The normalized spacial score (nSPS) is 10.4. The number of aryl methyl sites for hydroxylation is 2. The smallest absolute Gasteiger partial charge is 0.270 e. The van der Waals surface area contributed by atoms with Gasteiger partial charge in [-0.1, -0.05) is 6.92 Å². The Morgan fingerprint density at radius 1 is 1.38 bits per heavy atom. The highest BCUT2D eigenvalue weighted by Crippen LogP contribution is 2.09. The van der Waals surface area contributed by atoms with Crippen LogP contribution in [0.1, 0.15) is 35.6 Å². The Kier molecular flexibility index (Phi) is 4.92. The topological polar surface area (TPSA) is 71.8 Å². The van der Waals surface area contributed by atoms with E-state index in [9.17, 15) is 4.79 Å². The third kappa shape index (κ3) is 3.81. The predicted molar refractivity (Wildman–Crippen MR) is 82.2 cm³/mol. The Hall–Kier alpha value is -2.37. The summed E-state index contributed by atoms with van der Waals surface area (Å²) in [5.41, 5.74) is 3.35. The van der Waals surface area contributed by atoms with Gasteiger partial charge in [0.15, 0.2) is 0 Å². The number of nitrogens with one attached hydrogen (secondary N) is 2. The van der Waals surface area contributed by atoms with E-state index >= 15 is 0 Å². The average Bonchev–Trinajstić information content (AvgIpc) is 2.85. The van der Waals surface area contributed by atoms with E-state index in [-0.39, 0.29) is 5.91 Å². The molecule has 21 heavy (non-hydrogen) atoms. The Morgan fingerprint density at radius 3 is 2.90 bits per heavy atom. The number of anilines is 1. The van der Waals surface area contributed by atoms with Crippen LogP contribution >= 0.6 is 0 Å². The number of amides is 1. The lowest BCUT2D eigenvalue weighted by atomic mass is 10.2. The van der Waals surface area contributed by atoms with Crippen molar-refractivity contribution in [1.29, 1.82) is 0 Å². The Labute approximate surface area is 124 Å². The van der Waals surface area contributed by atoms with E-state index in [0.29, 0.717) is 12.2 Å². The monoisotopic (exact) mass is 287 g/mol. The molecule has 0 atom stereocenters.